The number of nitrogens with one attached hydrogen (secondary N) is 2. The lowest BCUT2D eigenvalue weighted by Gasteiger charge is -2.20. The van der Waals surface area contributed by atoms with Gasteiger partial charge in [0.1, 0.15) is 0 Å². The molecule has 33 heavy (non-hydrogen) atoms. The standard InChI is InChI=1S/C24H27N3O6/c1-31-19-11-18(12-20(32-2)22(19)33-3)27-13-15(10-21(27)28)24(30)26-16-6-4-14(5-7-16)23(29)25-17-8-9-17/h4-7,11-12,15,17H,8-10,13H2,1-3H3,(H,25,29)(H,26,30). The molecule has 1 aliphatic carbocycles. The van der Waals surface area contributed by atoms with Crippen molar-refractivity contribution in [3.8, 4) is 17.2 Å². The summed E-state index contributed by atoms with van der Waals surface area (Å²) in [6.07, 6.45) is 2.13. The number of amides is 3. The van der Waals surface area contributed by atoms with Crippen molar-refractivity contribution in [1.29, 1.82) is 0 Å². The van der Waals surface area contributed by atoms with Crippen LogP contribution < -0.4 is 29.7 Å². The maximum atomic E-state index is 12.8. The normalized spacial score (nSPS) is 17.5. The summed E-state index contributed by atoms with van der Waals surface area (Å²) in [6.45, 7) is 0.227. The van der Waals surface area contributed by atoms with Crippen LogP contribution in [0.5, 0.6) is 17.2 Å². The van der Waals surface area contributed by atoms with E-state index >= 15 is 0 Å². The number of nitrogens with zero attached hydrogens (tertiary/aromatic N) is 1. The van der Waals surface area contributed by atoms with Gasteiger partial charge in [0.2, 0.25) is 17.6 Å². The van der Waals surface area contributed by atoms with Crippen LogP contribution in [-0.2, 0) is 9.59 Å². The number of hydrogen-bond donors (Lipinski definition) is 2. The van der Waals surface area contributed by atoms with E-state index in [1.807, 2.05) is 0 Å². The molecule has 1 atom stereocenters. The van der Waals surface area contributed by atoms with E-state index in [0.717, 1.165) is 12.8 Å². The molecule has 1 heterocycles. The van der Waals surface area contributed by atoms with Gasteiger partial charge in [0.05, 0.1) is 32.9 Å². The number of hydrogen-bond acceptors (Lipinski definition) is 6. The number of methoxy groups -OCH3 is 3. The predicted molar refractivity (Wildman–Crippen MR) is 122 cm³/mol. The highest BCUT2D eigenvalue weighted by atomic mass is 16.5. The Kier molecular flexibility index (Phi) is 6.39. The summed E-state index contributed by atoms with van der Waals surface area (Å²) >= 11 is 0. The molecule has 2 N–H and O–H groups in total. The molecule has 174 valence electrons. The van der Waals surface area contributed by atoms with Gasteiger partial charge in [0.25, 0.3) is 5.91 Å². The second kappa shape index (κ2) is 9.40. The average molecular weight is 453 g/mol. The van der Waals surface area contributed by atoms with Crippen LogP contribution >= 0.6 is 0 Å². The highest BCUT2D eigenvalue weighted by Crippen LogP contribution is 2.42. The van der Waals surface area contributed by atoms with E-state index in [1.165, 1.54) is 21.3 Å². The van der Waals surface area contributed by atoms with E-state index in [4.69, 9.17) is 14.2 Å². The molecule has 3 amide bonds. The predicted octanol–water partition coefficient (Wildman–Crippen LogP) is 2.60. The van der Waals surface area contributed by atoms with E-state index in [-0.39, 0.29) is 36.7 Å². The van der Waals surface area contributed by atoms with Crippen molar-refractivity contribution in [1.82, 2.24) is 5.32 Å². The SMILES string of the molecule is COc1cc(N2CC(C(=O)Nc3ccc(C(=O)NC4CC4)cc3)CC2=O)cc(OC)c1OC. The lowest BCUT2D eigenvalue weighted by atomic mass is 10.1. The van der Waals surface area contributed by atoms with Crippen LogP contribution in [0.3, 0.4) is 0 Å². The Morgan fingerprint density at radius 1 is 0.970 bits per heavy atom. The molecule has 2 aliphatic rings. The summed E-state index contributed by atoms with van der Waals surface area (Å²) < 4.78 is 16.1. The minimum Gasteiger partial charge on any atom is -0.493 e. The highest BCUT2D eigenvalue weighted by Gasteiger charge is 2.36. The lowest BCUT2D eigenvalue weighted by Crippen LogP contribution is -2.28. The van der Waals surface area contributed by atoms with Crippen LogP contribution in [0.15, 0.2) is 36.4 Å². The number of ether oxygens (including phenoxy) is 3. The highest BCUT2D eigenvalue weighted by molar-refractivity contribution is 6.04. The van der Waals surface area contributed by atoms with Gasteiger partial charge in [0.15, 0.2) is 11.5 Å². The van der Waals surface area contributed by atoms with Gasteiger partial charge in [-0.25, -0.2) is 0 Å². The second-order valence-electron chi connectivity index (χ2n) is 8.10. The van der Waals surface area contributed by atoms with Gasteiger partial charge >= 0.3 is 0 Å². The fourth-order valence-corrected chi connectivity index (χ4v) is 3.80. The van der Waals surface area contributed by atoms with Crippen molar-refractivity contribution in [3.05, 3.63) is 42.0 Å². The molecule has 4 rings (SSSR count). The molecule has 0 bridgehead atoms. The van der Waals surface area contributed by atoms with Gasteiger partial charge in [-0.05, 0) is 37.1 Å². The Hall–Kier alpha value is -3.75. The van der Waals surface area contributed by atoms with Gasteiger partial charge in [0, 0.05) is 42.4 Å². The van der Waals surface area contributed by atoms with Crippen molar-refractivity contribution < 1.29 is 28.6 Å². The molecular formula is C24H27N3O6. The number of carbonyl (C=O) groups excluding carboxylic acids is 3. The smallest absolute Gasteiger partial charge is 0.251 e. The van der Waals surface area contributed by atoms with Crippen LogP contribution in [0.1, 0.15) is 29.6 Å². The van der Waals surface area contributed by atoms with Gasteiger partial charge in [-0.3, -0.25) is 14.4 Å². The average Bonchev–Trinajstić information content (AvgIpc) is 3.56. The molecule has 1 saturated carbocycles. The minimum atomic E-state index is -0.519. The summed E-state index contributed by atoms with van der Waals surface area (Å²) in [6, 6.07) is 10.4. The number of rotatable bonds is 8. The molecule has 2 fully saturated rings. The van der Waals surface area contributed by atoms with Gasteiger partial charge < -0.3 is 29.7 Å². The first-order valence-electron chi connectivity index (χ1n) is 10.8. The largest absolute Gasteiger partial charge is 0.493 e. The summed E-state index contributed by atoms with van der Waals surface area (Å²) in [4.78, 5) is 39.2. The van der Waals surface area contributed by atoms with Crippen LogP contribution in [0.4, 0.5) is 11.4 Å². The number of benzene rings is 2. The second-order valence-corrected chi connectivity index (χ2v) is 8.10. The zero-order chi connectivity index (χ0) is 23.5. The molecule has 2 aromatic carbocycles. The first-order chi connectivity index (χ1) is 15.9. The molecule has 0 aromatic heterocycles. The third kappa shape index (κ3) is 4.87. The monoisotopic (exact) mass is 453 g/mol. The van der Waals surface area contributed by atoms with Crippen molar-refractivity contribution >= 4 is 29.1 Å². The van der Waals surface area contributed by atoms with Crippen LogP contribution in [0, 0.1) is 5.92 Å². The van der Waals surface area contributed by atoms with Gasteiger partial charge in [-0.2, -0.15) is 0 Å². The number of carbonyl (C=O) groups is 3. The topological polar surface area (TPSA) is 106 Å². The third-order valence-electron chi connectivity index (χ3n) is 5.78. The van der Waals surface area contributed by atoms with Crippen molar-refractivity contribution in [2.24, 2.45) is 5.92 Å². The fourth-order valence-electron chi connectivity index (χ4n) is 3.80. The van der Waals surface area contributed by atoms with Crippen molar-refractivity contribution in [2.75, 3.05) is 38.1 Å². The quantitative estimate of drug-likeness (QED) is 0.637. The first kappa shape index (κ1) is 22.4. The van der Waals surface area contributed by atoms with E-state index in [1.54, 1.807) is 41.3 Å². The molecule has 1 saturated heterocycles. The zero-order valence-corrected chi connectivity index (χ0v) is 18.8. The van der Waals surface area contributed by atoms with Crippen molar-refractivity contribution in [2.45, 2.75) is 25.3 Å². The Labute approximate surface area is 192 Å². The van der Waals surface area contributed by atoms with Crippen molar-refractivity contribution in [3.63, 3.8) is 0 Å². The van der Waals surface area contributed by atoms with Crippen LogP contribution in [-0.4, -0.2) is 51.6 Å². The molecule has 9 nitrogen and oxygen atoms in total. The minimum absolute atomic E-state index is 0.0877. The first-order valence-corrected chi connectivity index (χ1v) is 10.8. The summed E-state index contributed by atoms with van der Waals surface area (Å²) in [7, 11) is 4.52. The zero-order valence-electron chi connectivity index (χ0n) is 18.8. The van der Waals surface area contributed by atoms with E-state index in [9.17, 15) is 14.4 Å². The molecule has 0 spiro atoms. The Bertz CT molecular complexity index is 1040. The molecular weight excluding hydrogens is 426 g/mol. The van der Waals surface area contributed by atoms with E-state index in [2.05, 4.69) is 10.6 Å². The Morgan fingerprint density at radius 3 is 2.15 bits per heavy atom. The maximum Gasteiger partial charge on any atom is 0.251 e. The molecule has 2 aromatic rings. The summed E-state index contributed by atoms with van der Waals surface area (Å²) in [5, 5.41) is 5.77. The van der Waals surface area contributed by atoms with E-state index < -0.39 is 5.92 Å². The van der Waals surface area contributed by atoms with E-state index in [0.29, 0.717) is 34.2 Å². The maximum absolute atomic E-state index is 12.8. The summed E-state index contributed by atoms with van der Waals surface area (Å²) in [5.74, 6) is 0.229. The summed E-state index contributed by atoms with van der Waals surface area (Å²) in [5.41, 5.74) is 1.68. The Balaban J connectivity index is 1.42. The van der Waals surface area contributed by atoms with Crippen LogP contribution in [0.25, 0.3) is 0 Å². The lowest BCUT2D eigenvalue weighted by molar-refractivity contribution is -0.122. The molecule has 9 heteroatoms. The fraction of sp³-hybridized carbons (Fsp3) is 0.375. The van der Waals surface area contributed by atoms with Crippen LogP contribution in [0.2, 0.25) is 0 Å². The third-order valence-corrected chi connectivity index (χ3v) is 5.78. The van der Waals surface area contributed by atoms with Gasteiger partial charge in [-0.15, -0.1) is 0 Å². The Morgan fingerprint density at radius 2 is 1.61 bits per heavy atom. The molecule has 0 radical (unpaired) electrons. The van der Waals surface area contributed by atoms with Gasteiger partial charge in [-0.1, -0.05) is 0 Å². The molecule has 1 aliphatic heterocycles. The number of anilines is 2. The molecule has 1 unspecified atom stereocenters.